The maximum absolute atomic E-state index is 10.5. The maximum Gasteiger partial charge on any atom is 0.320 e. The molecule has 6 rings (SSSR count). The number of aromatic nitrogens is 3. The van der Waals surface area contributed by atoms with E-state index in [1.807, 2.05) is 31.2 Å². The van der Waals surface area contributed by atoms with E-state index in [9.17, 15) is 10.2 Å². The molecule has 1 aromatic heterocycles. The van der Waals surface area contributed by atoms with Crippen LogP contribution in [0.4, 0.5) is 0 Å². The summed E-state index contributed by atoms with van der Waals surface area (Å²) in [6.07, 6.45) is 0. The SMILES string of the molecule is CCOc1nc(-c2ccc(O)cc2O)nc(-c2cc3c4ccccc4ccc3c3ccccc23)n1. The first-order valence-electron chi connectivity index (χ1n) is 11.4. The summed E-state index contributed by atoms with van der Waals surface area (Å²) in [5, 5.41) is 26.8. The normalized spacial score (nSPS) is 11.3. The molecule has 6 nitrogen and oxygen atoms in total. The maximum atomic E-state index is 10.5. The molecule has 0 saturated heterocycles. The van der Waals surface area contributed by atoms with Gasteiger partial charge in [0.05, 0.1) is 12.2 Å². The zero-order valence-corrected chi connectivity index (χ0v) is 18.9. The van der Waals surface area contributed by atoms with E-state index >= 15 is 0 Å². The predicted molar refractivity (Wildman–Crippen MR) is 138 cm³/mol. The molecule has 0 atom stereocenters. The molecule has 0 spiro atoms. The molecule has 0 fully saturated rings. The summed E-state index contributed by atoms with van der Waals surface area (Å²) >= 11 is 0. The standard InChI is InChI=1S/C29H21N3O3/c1-2-35-29-31-27(23-14-12-18(33)15-26(23)34)30-28(32-29)25-16-24-19-8-4-3-7-17(19)11-13-22(24)20-9-5-6-10-21(20)25/h3-16,33-34H,2H2,1H3. The third kappa shape index (κ3) is 3.56. The molecule has 0 aliphatic rings. The van der Waals surface area contributed by atoms with E-state index in [4.69, 9.17) is 9.72 Å². The third-order valence-corrected chi connectivity index (χ3v) is 6.12. The van der Waals surface area contributed by atoms with Gasteiger partial charge in [-0.15, -0.1) is 0 Å². The molecule has 0 aliphatic heterocycles. The lowest BCUT2D eigenvalue weighted by atomic mass is 9.93. The number of benzene rings is 5. The quantitative estimate of drug-likeness (QED) is 0.294. The Morgan fingerprint density at radius 3 is 2.09 bits per heavy atom. The Kier molecular flexibility index (Phi) is 4.92. The lowest BCUT2D eigenvalue weighted by molar-refractivity contribution is 0.312. The van der Waals surface area contributed by atoms with Crippen LogP contribution in [0, 0.1) is 0 Å². The van der Waals surface area contributed by atoms with Crippen LogP contribution in [0.1, 0.15) is 6.92 Å². The molecule has 0 bridgehead atoms. The highest BCUT2D eigenvalue weighted by Crippen LogP contribution is 2.38. The molecule has 0 amide bonds. The van der Waals surface area contributed by atoms with E-state index in [-0.39, 0.29) is 23.3 Å². The fourth-order valence-corrected chi connectivity index (χ4v) is 4.55. The number of phenolic OH excluding ortho intramolecular Hbond substituents is 2. The van der Waals surface area contributed by atoms with Gasteiger partial charge in [0.1, 0.15) is 11.5 Å². The van der Waals surface area contributed by atoms with E-state index in [1.54, 1.807) is 6.07 Å². The molecule has 0 unspecified atom stereocenters. The fourth-order valence-electron chi connectivity index (χ4n) is 4.55. The van der Waals surface area contributed by atoms with Crippen molar-refractivity contribution in [2.24, 2.45) is 0 Å². The summed E-state index contributed by atoms with van der Waals surface area (Å²) in [4.78, 5) is 13.8. The van der Waals surface area contributed by atoms with Crippen LogP contribution < -0.4 is 4.74 Å². The molecule has 0 saturated carbocycles. The molecule has 0 radical (unpaired) electrons. The van der Waals surface area contributed by atoms with Crippen LogP contribution in [-0.4, -0.2) is 31.8 Å². The van der Waals surface area contributed by atoms with Crippen molar-refractivity contribution < 1.29 is 14.9 Å². The highest BCUT2D eigenvalue weighted by molar-refractivity contribution is 6.20. The number of nitrogens with zero attached hydrogens (tertiary/aromatic N) is 3. The first-order valence-corrected chi connectivity index (χ1v) is 11.4. The first kappa shape index (κ1) is 20.9. The molecular weight excluding hydrogens is 438 g/mol. The minimum atomic E-state index is -0.126. The second-order valence-corrected chi connectivity index (χ2v) is 8.25. The Morgan fingerprint density at radius 1 is 0.629 bits per heavy atom. The van der Waals surface area contributed by atoms with Crippen LogP contribution in [-0.2, 0) is 0 Å². The summed E-state index contributed by atoms with van der Waals surface area (Å²) in [6, 6.07) is 27.4. The van der Waals surface area contributed by atoms with Gasteiger partial charge in [-0.05, 0) is 57.4 Å². The van der Waals surface area contributed by atoms with Crippen molar-refractivity contribution in [2.75, 3.05) is 6.61 Å². The average molecular weight is 460 g/mol. The van der Waals surface area contributed by atoms with Crippen molar-refractivity contribution in [3.63, 3.8) is 0 Å². The van der Waals surface area contributed by atoms with E-state index in [1.165, 1.54) is 12.1 Å². The molecule has 6 heteroatoms. The summed E-state index contributed by atoms with van der Waals surface area (Å²) in [6.45, 7) is 2.24. The highest BCUT2D eigenvalue weighted by Gasteiger charge is 2.18. The number of rotatable bonds is 4. The number of phenols is 2. The molecule has 35 heavy (non-hydrogen) atoms. The minimum absolute atomic E-state index is 0.0436. The van der Waals surface area contributed by atoms with Gasteiger partial charge in [0.2, 0.25) is 0 Å². The van der Waals surface area contributed by atoms with Gasteiger partial charge < -0.3 is 14.9 Å². The van der Waals surface area contributed by atoms with Crippen LogP contribution in [0.2, 0.25) is 0 Å². The van der Waals surface area contributed by atoms with E-state index in [2.05, 4.69) is 52.4 Å². The Hall–Kier alpha value is -4.71. The molecule has 1 heterocycles. The van der Waals surface area contributed by atoms with Crippen molar-refractivity contribution in [1.82, 2.24) is 15.0 Å². The molecule has 2 N–H and O–H groups in total. The fraction of sp³-hybridized carbons (Fsp3) is 0.0690. The van der Waals surface area contributed by atoms with Crippen molar-refractivity contribution >= 4 is 32.3 Å². The first-order chi connectivity index (χ1) is 17.1. The van der Waals surface area contributed by atoms with Crippen molar-refractivity contribution in [2.45, 2.75) is 6.92 Å². The summed E-state index contributed by atoms with van der Waals surface area (Å²) in [5.74, 6) is 0.534. The number of hydrogen-bond acceptors (Lipinski definition) is 6. The highest BCUT2D eigenvalue weighted by atomic mass is 16.5. The van der Waals surface area contributed by atoms with Crippen LogP contribution in [0.25, 0.3) is 55.1 Å². The zero-order chi connectivity index (χ0) is 23.9. The third-order valence-electron chi connectivity index (χ3n) is 6.12. The Balaban J connectivity index is 1.69. The monoisotopic (exact) mass is 459 g/mol. The summed E-state index contributed by atoms with van der Waals surface area (Å²) in [5.41, 5.74) is 1.22. The van der Waals surface area contributed by atoms with Crippen molar-refractivity contribution in [1.29, 1.82) is 0 Å². The van der Waals surface area contributed by atoms with Gasteiger partial charge in [0.15, 0.2) is 11.6 Å². The summed E-state index contributed by atoms with van der Waals surface area (Å²) in [7, 11) is 0. The second kappa shape index (κ2) is 8.25. The molecular formula is C29H21N3O3. The predicted octanol–water partition coefficient (Wildman–Crippen LogP) is 6.48. The van der Waals surface area contributed by atoms with Gasteiger partial charge in [0, 0.05) is 11.6 Å². The number of hydrogen-bond donors (Lipinski definition) is 2. The van der Waals surface area contributed by atoms with Gasteiger partial charge >= 0.3 is 6.01 Å². The molecule has 0 aliphatic carbocycles. The van der Waals surface area contributed by atoms with Gasteiger partial charge in [-0.1, -0.05) is 60.7 Å². The van der Waals surface area contributed by atoms with Gasteiger partial charge in [-0.3, -0.25) is 0 Å². The van der Waals surface area contributed by atoms with Crippen LogP contribution in [0.15, 0.2) is 84.9 Å². The Labute approximate surface area is 201 Å². The van der Waals surface area contributed by atoms with E-state index < -0.39 is 0 Å². The topological polar surface area (TPSA) is 88.4 Å². The zero-order valence-electron chi connectivity index (χ0n) is 18.9. The Morgan fingerprint density at radius 2 is 1.31 bits per heavy atom. The van der Waals surface area contributed by atoms with Crippen LogP contribution in [0.3, 0.4) is 0 Å². The number of ether oxygens (including phenoxy) is 1. The minimum Gasteiger partial charge on any atom is -0.508 e. The number of fused-ring (bicyclic) bond motifs is 5. The van der Waals surface area contributed by atoms with Crippen molar-refractivity contribution in [3.05, 3.63) is 84.9 Å². The molecule has 5 aromatic carbocycles. The Bertz CT molecular complexity index is 1750. The van der Waals surface area contributed by atoms with E-state index in [0.717, 1.165) is 37.9 Å². The lowest BCUT2D eigenvalue weighted by Gasteiger charge is -2.13. The van der Waals surface area contributed by atoms with Crippen LogP contribution in [0.5, 0.6) is 17.5 Å². The smallest absolute Gasteiger partial charge is 0.320 e. The number of aromatic hydroxyl groups is 2. The van der Waals surface area contributed by atoms with Crippen molar-refractivity contribution in [3.8, 4) is 40.3 Å². The van der Waals surface area contributed by atoms with Crippen LogP contribution >= 0.6 is 0 Å². The van der Waals surface area contributed by atoms with Gasteiger partial charge in [-0.25, -0.2) is 4.98 Å². The van der Waals surface area contributed by atoms with Gasteiger partial charge in [-0.2, -0.15) is 9.97 Å². The molecule has 6 aromatic rings. The van der Waals surface area contributed by atoms with E-state index in [0.29, 0.717) is 18.0 Å². The molecule has 170 valence electrons. The second-order valence-electron chi connectivity index (χ2n) is 8.25. The largest absolute Gasteiger partial charge is 0.508 e. The lowest BCUT2D eigenvalue weighted by Crippen LogP contribution is -2.03. The summed E-state index contributed by atoms with van der Waals surface area (Å²) < 4.78 is 5.67. The average Bonchev–Trinajstić information content (AvgIpc) is 2.88. The van der Waals surface area contributed by atoms with Gasteiger partial charge in [0.25, 0.3) is 0 Å².